The van der Waals surface area contributed by atoms with Gasteiger partial charge in [0, 0.05) is 12.6 Å². The van der Waals surface area contributed by atoms with Crippen molar-refractivity contribution in [3.05, 3.63) is 65.0 Å². The van der Waals surface area contributed by atoms with Crippen molar-refractivity contribution in [3.63, 3.8) is 0 Å². The molecule has 5 nitrogen and oxygen atoms in total. The third kappa shape index (κ3) is 5.37. The third-order valence-corrected chi connectivity index (χ3v) is 3.37. The van der Waals surface area contributed by atoms with Crippen LogP contribution >= 0.6 is 0 Å². The first-order chi connectivity index (χ1) is 12.6. The summed E-state index contributed by atoms with van der Waals surface area (Å²) in [4.78, 5) is 34.7. The van der Waals surface area contributed by atoms with E-state index in [9.17, 15) is 31.9 Å². The second-order valence-electron chi connectivity index (χ2n) is 5.45. The lowest BCUT2D eigenvalue weighted by Gasteiger charge is -2.09. The Morgan fingerprint density at radius 1 is 1.04 bits per heavy atom. The SMILES string of the molecule is CC(=O)Nc1ccc(C(=O)COC(=O)c2ccc(C(F)(F)F)cc2)c(F)c1. The van der Waals surface area contributed by atoms with Crippen molar-refractivity contribution in [2.75, 3.05) is 11.9 Å². The van der Waals surface area contributed by atoms with Crippen molar-refractivity contribution >= 4 is 23.3 Å². The number of amides is 1. The monoisotopic (exact) mass is 383 g/mol. The van der Waals surface area contributed by atoms with Crippen LogP contribution in [0.3, 0.4) is 0 Å². The summed E-state index contributed by atoms with van der Waals surface area (Å²) < 4.78 is 56.1. The molecule has 9 heteroatoms. The van der Waals surface area contributed by atoms with Crippen molar-refractivity contribution in [1.29, 1.82) is 0 Å². The van der Waals surface area contributed by atoms with Gasteiger partial charge < -0.3 is 10.1 Å². The van der Waals surface area contributed by atoms with E-state index in [-0.39, 0.29) is 16.8 Å². The number of Topliss-reactive ketones (excluding diaryl/α,β-unsaturated/α-hetero) is 1. The average molecular weight is 383 g/mol. The highest BCUT2D eigenvalue weighted by Crippen LogP contribution is 2.29. The summed E-state index contributed by atoms with van der Waals surface area (Å²) in [5.41, 5.74) is -1.32. The zero-order chi connectivity index (χ0) is 20.2. The van der Waals surface area contributed by atoms with Crippen LogP contribution in [0.15, 0.2) is 42.5 Å². The molecule has 0 unspecified atom stereocenters. The van der Waals surface area contributed by atoms with E-state index in [1.54, 1.807) is 0 Å². The van der Waals surface area contributed by atoms with E-state index in [4.69, 9.17) is 4.74 Å². The number of hydrogen-bond donors (Lipinski definition) is 1. The van der Waals surface area contributed by atoms with Gasteiger partial charge in [-0.25, -0.2) is 9.18 Å². The normalized spacial score (nSPS) is 11.0. The number of nitrogens with one attached hydrogen (secondary N) is 1. The van der Waals surface area contributed by atoms with Crippen LogP contribution in [0, 0.1) is 5.82 Å². The predicted octanol–water partition coefficient (Wildman–Crippen LogP) is 3.84. The van der Waals surface area contributed by atoms with Gasteiger partial charge in [0.05, 0.1) is 16.7 Å². The molecular formula is C18H13F4NO4. The predicted molar refractivity (Wildman–Crippen MR) is 86.8 cm³/mol. The highest BCUT2D eigenvalue weighted by Gasteiger charge is 2.30. The standard InChI is InChI=1S/C18H13F4NO4/c1-10(24)23-13-6-7-14(15(19)8-13)16(25)9-27-17(26)11-2-4-12(5-3-11)18(20,21)22/h2-8H,9H2,1H3,(H,23,24). The van der Waals surface area contributed by atoms with Crippen molar-refractivity contribution in [2.45, 2.75) is 13.1 Å². The van der Waals surface area contributed by atoms with Gasteiger partial charge in [0.25, 0.3) is 0 Å². The van der Waals surface area contributed by atoms with E-state index in [1.165, 1.54) is 13.0 Å². The van der Waals surface area contributed by atoms with Gasteiger partial charge in [-0.3, -0.25) is 9.59 Å². The maximum absolute atomic E-state index is 13.9. The summed E-state index contributed by atoms with van der Waals surface area (Å²) in [6, 6.07) is 6.60. The Balaban J connectivity index is 2.00. The second-order valence-corrected chi connectivity index (χ2v) is 5.45. The number of rotatable bonds is 5. The van der Waals surface area contributed by atoms with Crippen LogP contribution in [0.1, 0.15) is 33.2 Å². The molecule has 0 radical (unpaired) electrons. The summed E-state index contributed by atoms with van der Waals surface area (Å²) in [7, 11) is 0. The molecule has 1 N–H and O–H groups in total. The topological polar surface area (TPSA) is 72.5 Å². The summed E-state index contributed by atoms with van der Waals surface area (Å²) >= 11 is 0. The Labute approximate surface area is 150 Å². The molecule has 27 heavy (non-hydrogen) atoms. The maximum Gasteiger partial charge on any atom is 0.416 e. The van der Waals surface area contributed by atoms with Gasteiger partial charge in [-0.2, -0.15) is 13.2 Å². The molecule has 2 rings (SSSR count). The Morgan fingerprint density at radius 3 is 2.19 bits per heavy atom. The van der Waals surface area contributed by atoms with Crippen molar-refractivity contribution in [2.24, 2.45) is 0 Å². The summed E-state index contributed by atoms with van der Waals surface area (Å²) in [6.45, 7) is 0.438. The van der Waals surface area contributed by atoms with Crippen LogP contribution in [0.25, 0.3) is 0 Å². The van der Waals surface area contributed by atoms with E-state index in [2.05, 4.69) is 5.32 Å². The number of carbonyl (C=O) groups excluding carboxylic acids is 3. The molecule has 0 saturated carbocycles. The zero-order valence-corrected chi connectivity index (χ0v) is 13.9. The zero-order valence-electron chi connectivity index (χ0n) is 13.9. The summed E-state index contributed by atoms with van der Waals surface area (Å²) in [5, 5.41) is 2.34. The van der Waals surface area contributed by atoms with Crippen LogP contribution in [-0.2, 0) is 15.7 Å². The molecule has 0 aromatic heterocycles. The van der Waals surface area contributed by atoms with Crippen LogP contribution in [0.5, 0.6) is 0 Å². The Morgan fingerprint density at radius 2 is 1.67 bits per heavy atom. The molecule has 0 aliphatic heterocycles. The number of carbonyl (C=O) groups is 3. The van der Waals surface area contributed by atoms with Gasteiger partial charge >= 0.3 is 12.1 Å². The Bertz CT molecular complexity index is 876. The van der Waals surface area contributed by atoms with E-state index in [1.807, 2.05) is 0 Å². The molecular weight excluding hydrogens is 370 g/mol. The highest BCUT2D eigenvalue weighted by atomic mass is 19.4. The molecule has 2 aromatic rings. The summed E-state index contributed by atoms with van der Waals surface area (Å²) in [5.74, 6) is -3.20. The van der Waals surface area contributed by atoms with Crippen LogP contribution < -0.4 is 5.32 Å². The molecule has 142 valence electrons. The quantitative estimate of drug-likeness (QED) is 0.484. The van der Waals surface area contributed by atoms with E-state index in [0.717, 1.165) is 24.3 Å². The summed E-state index contributed by atoms with van der Waals surface area (Å²) in [6.07, 6.45) is -4.54. The number of ether oxygens (including phenoxy) is 1. The third-order valence-electron chi connectivity index (χ3n) is 3.37. The number of ketones is 1. The van der Waals surface area contributed by atoms with Crippen molar-refractivity contribution in [3.8, 4) is 0 Å². The Hall–Kier alpha value is -3.23. The minimum atomic E-state index is -4.54. The maximum atomic E-state index is 13.9. The molecule has 0 aliphatic rings. The van der Waals surface area contributed by atoms with Crippen molar-refractivity contribution in [1.82, 2.24) is 0 Å². The lowest BCUT2D eigenvalue weighted by Crippen LogP contribution is -2.16. The number of anilines is 1. The van der Waals surface area contributed by atoms with E-state index < -0.39 is 41.8 Å². The van der Waals surface area contributed by atoms with Crippen LogP contribution in [0.2, 0.25) is 0 Å². The van der Waals surface area contributed by atoms with Crippen molar-refractivity contribution < 1.29 is 36.7 Å². The van der Waals surface area contributed by atoms with Gasteiger partial charge in [0.15, 0.2) is 6.61 Å². The fourth-order valence-corrected chi connectivity index (χ4v) is 2.11. The fourth-order valence-electron chi connectivity index (χ4n) is 2.11. The molecule has 0 fully saturated rings. The van der Waals surface area contributed by atoms with Crippen LogP contribution in [-0.4, -0.2) is 24.3 Å². The fraction of sp³-hybridized carbons (Fsp3) is 0.167. The molecule has 0 bridgehead atoms. The molecule has 0 saturated heterocycles. The number of benzene rings is 2. The lowest BCUT2D eigenvalue weighted by atomic mass is 10.1. The second kappa shape index (κ2) is 7.98. The minimum Gasteiger partial charge on any atom is -0.454 e. The molecule has 2 aromatic carbocycles. The average Bonchev–Trinajstić information content (AvgIpc) is 2.58. The molecule has 1 amide bonds. The van der Waals surface area contributed by atoms with Gasteiger partial charge in [-0.05, 0) is 42.5 Å². The highest BCUT2D eigenvalue weighted by molar-refractivity contribution is 6.00. The molecule has 0 heterocycles. The first-order valence-corrected chi connectivity index (χ1v) is 7.52. The lowest BCUT2D eigenvalue weighted by molar-refractivity contribution is -0.137. The smallest absolute Gasteiger partial charge is 0.416 e. The number of halogens is 4. The van der Waals surface area contributed by atoms with Gasteiger partial charge in [-0.1, -0.05) is 0 Å². The van der Waals surface area contributed by atoms with E-state index >= 15 is 0 Å². The van der Waals surface area contributed by atoms with Gasteiger partial charge in [0.2, 0.25) is 11.7 Å². The number of alkyl halides is 3. The van der Waals surface area contributed by atoms with E-state index in [0.29, 0.717) is 12.1 Å². The molecule has 0 aliphatic carbocycles. The minimum absolute atomic E-state index is 0.151. The largest absolute Gasteiger partial charge is 0.454 e. The van der Waals surface area contributed by atoms with Crippen LogP contribution in [0.4, 0.5) is 23.2 Å². The van der Waals surface area contributed by atoms with Gasteiger partial charge in [0.1, 0.15) is 5.82 Å². The Kier molecular flexibility index (Phi) is 5.94. The molecule has 0 spiro atoms. The first kappa shape index (κ1) is 20.1. The van der Waals surface area contributed by atoms with Gasteiger partial charge in [-0.15, -0.1) is 0 Å². The molecule has 0 atom stereocenters. The number of esters is 1. The first-order valence-electron chi connectivity index (χ1n) is 7.52. The number of hydrogen-bond acceptors (Lipinski definition) is 4.